The Bertz CT molecular complexity index is 1320. The third kappa shape index (κ3) is 6.66. The Hall–Kier alpha value is -3.90. The lowest BCUT2D eigenvalue weighted by molar-refractivity contribution is -0.120. The van der Waals surface area contributed by atoms with Crippen LogP contribution in [-0.2, 0) is 20.9 Å². The minimum atomic E-state index is -0.376. The molecule has 37 heavy (non-hydrogen) atoms. The van der Waals surface area contributed by atoms with Crippen LogP contribution in [0, 0.1) is 0 Å². The summed E-state index contributed by atoms with van der Waals surface area (Å²) in [7, 11) is 0. The van der Waals surface area contributed by atoms with Gasteiger partial charge in [0.2, 0.25) is 5.91 Å². The Morgan fingerprint density at radius 3 is 2.54 bits per heavy atom. The summed E-state index contributed by atoms with van der Waals surface area (Å²) in [6, 6.07) is 21.1. The predicted octanol–water partition coefficient (Wildman–Crippen LogP) is 6.61. The van der Waals surface area contributed by atoms with E-state index in [2.05, 4.69) is 6.92 Å². The van der Waals surface area contributed by atoms with Crippen LogP contribution in [-0.4, -0.2) is 24.4 Å². The van der Waals surface area contributed by atoms with E-state index in [1.807, 2.05) is 36.4 Å². The molecule has 2 amide bonds. The van der Waals surface area contributed by atoms with Gasteiger partial charge in [0.15, 0.2) is 0 Å². The molecule has 0 aromatic heterocycles. The number of ether oxygens (including phenoxy) is 2. The van der Waals surface area contributed by atoms with E-state index in [1.165, 1.54) is 0 Å². The number of carbonyl (C=O) groups excluding carboxylic acids is 3. The van der Waals surface area contributed by atoms with Gasteiger partial charge in [-0.2, -0.15) is 0 Å². The standard InChI is InChI=1S/C30H28ClNO5/c1-2-3-6-16-36-30(35)22-14-12-21(13-15-22)20-37-27-11-5-4-8-23(27)17-24-18-28(33)32(29(24)34)26-10-7-9-25(31)19-26/h4-5,7-15,17,19H,2-3,6,16,18,20H2,1H3/b24-17+. The average molecular weight is 518 g/mol. The molecule has 4 rings (SSSR count). The van der Waals surface area contributed by atoms with E-state index in [-0.39, 0.29) is 30.8 Å². The van der Waals surface area contributed by atoms with Crippen molar-refractivity contribution in [2.24, 2.45) is 0 Å². The summed E-state index contributed by atoms with van der Waals surface area (Å²) in [5, 5.41) is 0.450. The molecule has 0 N–H and O–H groups in total. The first-order chi connectivity index (χ1) is 18.0. The molecule has 1 fully saturated rings. The van der Waals surface area contributed by atoms with Crippen molar-refractivity contribution in [3.05, 3.63) is 100 Å². The third-order valence-electron chi connectivity index (χ3n) is 5.95. The molecular weight excluding hydrogens is 490 g/mol. The van der Waals surface area contributed by atoms with Gasteiger partial charge >= 0.3 is 5.97 Å². The number of unbranched alkanes of at least 4 members (excludes halogenated alkanes) is 2. The van der Waals surface area contributed by atoms with E-state index in [1.54, 1.807) is 42.5 Å². The Balaban J connectivity index is 1.42. The number of imide groups is 1. The van der Waals surface area contributed by atoms with Crippen LogP contribution in [0.3, 0.4) is 0 Å². The van der Waals surface area contributed by atoms with Crippen molar-refractivity contribution in [1.29, 1.82) is 0 Å². The van der Waals surface area contributed by atoms with Gasteiger partial charge in [0.05, 0.1) is 24.3 Å². The number of benzene rings is 3. The summed E-state index contributed by atoms with van der Waals surface area (Å²) in [6.07, 6.45) is 4.66. The molecule has 1 aliphatic heterocycles. The minimum absolute atomic E-state index is 0.00428. The van der Waals surface area contributed by atoms with Gasteiger partial charge in [0.1, 0.15) is 12.4 Å². The predicted molar refractivity (Wildman–Crippen MR) is 144 cm³/mol. The third-order valence-corrected chi connectivity index (χ3v) is 6.18. The summed E-state index contributed by atoms with van der Waals surface area (Å²) in [5.74, 6) is -0.431. The lowest BCUT2D eigenvalue weighted by Crippen LogP contribution is -2.28. The highest BCUT2D eigenvalue weighted by Crippen LogP contribution is 2.31. The Morgan fingerprint density at radius 2 is 1.78 bits per heavy atom. The van der Waals surface area contributed by atoms with Crippen molar-refractivity contribution in [3.63, 3.8) is 0 Å². The number of hydrogen-bond acceptors (Lipinski definition) is 5. The fourth-order valence-corrected chi connectivity index (χ4v) is 4.17. The summed E-state index contributed by atoms with van der Waals surface area (Å²) in [4.78, 5) is 39.0. The Labute approximate surface area is 221 Å². The molecule has 0 atom stereocenters. The molecule has 3 aromatic rings. The maximum atomic E-state index is 13.0. The highest BCUT2D eigenvalue weighted by molar-refractivity contribution is 6.32. The average Bonchev–Trinajstić information content (AvgIpc) is 3.18. The molecule has 0 bridgehead atoms. The van der Waals surface area contributed by atoms with Gasteiger partial charge in [-0.25, -0.2) is 9.69 Å². The normalized spacial score (nSPS) is 14.3. The summed E-state index contributed by atoms with van der Waals surface area (Å²) in [6.45, 7) is 2.80. The second kappa shape index (κ2) is 12.4. The van der Waals surface area contributed by atoms with Crippen molar-refractivity contribution < 1.29 is 23.9 Å². The SMILES string of the molecule is CCCCCOC(=O)c1ccc(COc2ccccc2/C=C2\CC(=O)N(c3cccc(Cl)c3)C2=O)cc1. The van der Waals surface area contributed by atoms with Crippen LogP contribution in [0.5, 0.6) is 5.75 Å². The molecule has 6 nitrogen and oxygen atoms in total. The van der Waals surface area contributed by atoms with Crippen molar-refractivity contribution in [2.75, 3.05) is 11.5 Å². The molecule has 1 saturated heterocycles. The van der Waals surface area contributed by atoms with Gasteiger partial charge in [0, 0.05) is 16.2 Å². The van der Waals surface area contributed by atoms with Crippen molar-refractivity contribution >= 4 is 41.1 Å². The van der Waals surface area contributed by atoms with Crippen molar-refractivity contribution in [2.45, 2.75) is 39.2 Å². The number of rotatable bonds is 10. The minimum Gasteiger partial charge on any atom is -0.488 e. The van der Waals surface area contributed by atoms with Gasteiger partial charge in [0.25, 0.3) is 5.91 Å². The zero-order valence-electron chi connectivity index (χ0n) is 20.6. The van der Waals surface area contributed by atoms with Crippen LogP contribution in [0.2, 0.25) is 5.02 Å². The quantitative estimate of drug-likeness (QED) is 0.131. The molecule has 7 heteroatoms. The molecular formula is C30H28ClNO5. The van der Waals surface area contributed by atoms with E-state index in [0.717, 1.165) is 29.7 Å². The summed E-state index contributed by atoms with van der Waals surface area (Å²) < 4.78 is 11.3. The first-order valence-electron chi connectivity index (χ1n) is 12.3. The second-order valence-corrected chi connectivity index (χ2v) is 9.16. The van der Waals surface area contributed by atoms with Crippen LogP contribution in [0.1, 0.15) is 54.1 Å². The number of anilines is 1. The Morgan fingerprint density at radius 1 is 1.00 bits per heavy atom. The fraction of sp³-hybridized carbons (Fsp3) is 0.233. The van der Waals surface area contributed by atoms with Crippen LogP contribution in [0.4, 0.5) is 5.69 Å². The molecule has 0 spiro atoms. The Kier molecular flexibility index (Phi) is 8.75. The molecule has 1 heterocycles. The van der Waals surface area contributed by atoms with E-state index < -0.39 is 0 Å². The topological polar surface area (TPSA) is 72.9 Å². The lowest BCUT2D eigenvalue weighted by Gasteiger charge is -2.13. The number of amides is 2. The highest BCUT2D eigenvalue weighted by Gasteiger charge is 2.35. The molecule has 190 valence electrons. The number of hydrogen-bond donors (Lipinski definition) is 0. The number of halogens is 1. The van der Waals surface area contributed by atoms with Gasteiger partial charge in [-0.3, -0.25) is 9.59 Å². The van der Waals surface area contributed by atoms with Crippen LogP contribution >= 0.6 is 11.6 Å². The molecule has 0 unspecified atom stereocenters. The zero-order valence-corrected chi connectivity index (χ0v) is 21.4. The van der Waals surface area contributed by atoms with E-state index in [0.29, 0.717) is 39.8 Å². The summed E-state index contributed by atoms with van der Waals surface area (Å²) in [5.41, 5.74) is 2.90. The maximum Gasteiger partial charge on any atom is 0.338 e. The van der Waals surface area contributed by atoms with Gasteiger partial charge in [-0.05, 0) is 54.5 Å². The molecule has 0 saturated carbocycles. The monoisotopic (exact) mass is 517 g/mol. The first-order valence-corrected chi connectivity index (χ1v) is 12.7. The maximum absolute atomic E-state index is 13.0. The summed E-state index contributed by atoms with van der Waals surface area (Å²) >= 11 is 6.04. The van der Waals surface area contributed by atoms with E-state index in [4.69, 9.17) is 21.1 Å². The number of esters is 1. The first kappa shape index (κ1) is 26.2. The largest absolute Gasteiger partial charge is 0.488 e. The van der Waals surface area contributed by atoms with Crippen molar-refractivity contribution in [3.8, 4) is 5.75 Å². The number of para-hydroxylation sites is 1. The highest BCUT2D eigenvalue weighted by atomic mass is 35.5. The van der Waals surface area contributed by atoms with Crippen LogP contribution in [0.25, 0.3) is 6.08 Å². The molecule has 0 aliphatic carbocycles. The second-order valence-electron chi connectivity index (χ2n) is 8.73. The number of carbonyl (C=O) groups is 3. The fourth-order valence-electron chi connectivity index (χ4n) is 3.98. The van der Waals surface area contributed by atoms with Gasteiger partial charge in [-0.1, -0.05) is 67.8 Å². The van der Waals surface area contributed by atoms with E-state index >= 15 is 0 Å². The molecule has 3 aromatic carbocycles. The van der Waals surface area contributed by atoms with E-state index in [9.17, 15) is 14.4 Å². The van der Waals surface area contributed by atoms with Crippen LogP contribution < -0.4 is 9.64 Å². The molecule has 1 aliphatic rings. The van der Waals surface area contributed by atoms with Crippen LogP contribution in [0.15, 0.2) is 78.4 Å². The van der Waals surface area contributed by atoms with Gasteiger partial charge < -0.3 is 9.47 Å². The zero-order chi connectivity index (χ0) is 26.2. The number of nitrogens with zero attached hydrogens (tertiary/aromatic N) is 1. The lowest BCUT2D eigenvalue weighted by atomic mass is 10.1. The smallest absolute Gasteiger partial charge is 0.338 e. The van der Waals surface area contributed by atoms with Crippen molar-refractivity contribution in [1.82, 2.24) is 0 Å². The molecule has 0 radical (unpaired) electrons. The van der Waals surface area contributed by atoms with Gasteiger partial charge in [-0.15, -0.1) is 0 Å².